The van der Waals surface area contributed by atoms with Crippen molar-refractivity contribution < 1.29 is 18.7 Å². The summed E-state index contributed by atoms with van der Waals surface area (Å²) in [6.07, 6.45) is 1.83. The molecule has 5 heteroatoms. The van der Waals surface area contributed by atoms with Gasteiger partial charge in [0.25, 0.3) is 5.91 Å². The Morgan fingerprint density at radius 3 is 2.36 bits per heavy atom. The average molecular weight is 343 g/mol. The predicted octanol–water partition coefficient (Wildman–Crippen LogP) is 3.97. The molecule has 0 spiro atoms. The highest BCUT2D eigenvalue weighted by atomic mass is 19.1. The SMILES string of the molecule is CCOc1ccc(OCC(=O)N2CCCC2c2ccc(F)cc2)cc1. The minimum absolute atomic E-state index is 0.00275. The maximum absolute atomic E-state index is 13.1. The molecule has 0 aliphatic carbocycles. The molecule has 1 saturated heterocycles. The van der Waals surface area contributed by atoms with E-state index in [-0.39, 0.29) is 24.4 Å². The minimum atomic E-state index is -0.265. The van der Waals surface area contributed by atoms with Gasteiger partial charge >= 0.3 is 0 Å². The Labute approximate surface area is 147 Å². The standard InChI is InChI=1S/C20H22FNO3/c1-2-24-17-9-11-18(12-10-17)25-14-20(23)22-13-3-4-19(22)15-5-7-16(21)8-6-15/h5-12,19H,2-4,13-14H2,1H3. The second kappa shape index (κ2) is 8.01. The van der Waals surface area contributed by atoms with Crippen LogP contribution in [-0.4, -0.2) is 30.6 Å². The number of likely N-dealkylation sites (tertiary alicyclic amines) is 1. The molecule has 4 nitrogen and oxygen atoms in total. The van der Waals surface area contributed by atoms with Gasteiger partial charge in [-0.3, -0.25) is 4.79 Å². The molecule has 1 heterocycles. The largest absolute Gasteiger partial charge is 0.494 e. The molecule has 0 radical (unpaired) electrons. The van der Waals surface area contributed by atoms with Crippen LogP contribution in [0.25, 0.3) is 0 Å². The molecule has 2 aromatic rings. The van der Waals surface area contributed by atoms with E-state index in [4.69, 9.17) is 9.47 Å². The van der Waals surface area contributed by atoms with Crippen LogP contribution < -0.4 is 9.47 Å². The Balaban J connectivity index is 1.59. The van der Waals surface area contributed by atoms with Crippen molar-refractivity contribution in [1.82, 2.24) is 4.90 Å². The molecule has 0 bridgehead atoms. The Kier molecular flexibility index (Phi) is 5.53. The lowest BCUT2D eigenvalue weighted by atomic mass is 10.0. The first-order valence-corrected chi connectivity index (χ1v) is 8.58. The summed E-state index contributed by atoms with van der Waals surface area (Å²) in [7, 11) is 0. The van der Waals surface area contributed by atoms with E-state index in [9.17, 15) is 9.18 Å². The van der Waals surface area contributed by atoms with E-state index in [1.165, 1.54) is 12.1 Å². The lowest BCUT2D eigenvalue weighted by Crippen LogP contribution is -2.34. The molecule has 2 aromatic carbocycles. The first-order valence-electron chi connectivity index (χ1n) is 8.58. The number of carbonyl (C=O) groups excluding carboxylic acids is 1. The van der Waals surface area contributed by atoms with Crippen molar-refractivity contribution in [3.05, 3.63) is 59.9 Å². The van der Waals surface area contributed by atoms with Gasteiger partial charge < -0.3 is 14.4 Å². The van der Waals surface area contributed by atoms with E-state index in [1.54, 1.807) is 24.3 Å². The van der Waals surface area contributed by atoms with Gasteiger partial charge in [0.2, 0.25) is 0 Å². The van der Waals surface area contributed by atoms with E-state index in [2.05, 4.69) is 0 Å². The van der Waals surface area contributed by atoms with Crippen LogP contribution in [0.4, 0.5) is 4.39 Å². The molecule has 1 aliphatic heterocycles. The first-order chi connectivity index (χ1) is 12.2. The van der Waals surface area contributed by atoms with Crippen LogP contribution in [0.2, 0.25) is 0 Å². The molecule has 3 rings (SSSR count). The molecule has 1 aliphatic rings. The Morgan fingerprint density at radius 1 is 1.08 bits per heavy atom. The van der Waals surface area contributed by atoms with Crippen LogP contribution in [-0.2, 0) is 4.79 Å². The minimum Gasteiger partial charge on any atom is -0.494 e. The van der Waals surface area contributed by atoms with Gasteiger partial charge in [0.15, 0.2) is 6.61 Å². The van der Waals surface area contributed by atoms with Crippen molar-refractivity contribution in [2.45, 2.75) is 25.8 Å². The number of ether oxygens (including phenoxy) is 2. The van der Waals surface area contributed by atoms with Gasteiger partial charge in [-0.25, -0.2) is 4.39 Å². The molecule has 25 heavy (non-hydrogen) atoms. The molecular formula is C20H22FNO3. The molecule has 1 unspecified atom stereocenters. The second-order valence-corrected chi connectivity index (χ2v) is 5.99. The molecular weight excluding hydrogens is 321 g/mol. The smallest absolute Gasteiger partial charge is 0.261 e. The molecule has 1 atom stereocenters. The van der Waals surface area contributed by atoms with Crippen LogP contribution >= 0.6 is 0 Å². The number of halogens is 1. The lowest BCUT2D eigenvalue weighted by Gasteiger charge is -2.25. The van der Waals surface area contributed by atoms with E-state index in [1.807, 2.05) is 24.0 Å². The molecule has 1 fully saturated rings. The number of rotatable bonds is 6. The highest BCUT2D eigenvalue weighted by molar-refractivity contribution is 5.78. The van der Waals surface area contributed by atoms with Gasteiger partial charge in [-0.2, -0.15) is 0 Å². The maximum atomic E-state index is 13.1. The molecule has 132 valence electrons. The second-order valence-electron chi connectivity index (χ2n) is 5.99. The van der Waals surface area contributed by atoms with Crippen molar-refractivity contribution in [3.8, 4) is 11.5 Å². The van der Waals surface area contributed by atoms with Crippen LogP contribution in [0.5, 0.6) is 11.5 Å². The van der Waals surface area contributed by atoms with E-state index in [0.717, 1.165) is 24.2 Å². The highest BCUT2D eigenvalue weighted by Gasteiger charge is 2.30. The Hall–Kier alpha value is -2.56. The van der Waals surface area contributed by atoms with Gasteiger partial charge in [0.1, 0.15) is 17.3 Å². The summed E-state index contributed by atoms with van der Waals surface area (Å²) in [5.41, 5.74) is 0.966. The number of hydrogen-bond acceptors (Lipinski definition) is 3. The molecule has 0 saturated carbocycles. The van der Waals surface area contributed by atoms with Crippen molar-refractivity contribution in [2.75, 3.05) is 19.8 Å². The maximum Gasteiger partial charge on any atom is 0.261 e. The van der Waals surface area contributed by atoms with Gasteiger partial charge in [0, 0.05) is 6.54 Å². The number of benzene rings is 2. The highest BCUT2D eigenvalue weighted by Crippen LogP contribution is 2.32. The summed E-state index contributed by atoms with van der Waals surface area (Å²) in [6, 6.07) is 13.6. The van der Waals surface area contributed by atoms with Crippen molar-refractivity contribution in [3.63, 3.8) is 0 Å². The van der Waals surface area contributed by atoms with Gasteiger partial charge in [-0.1, -0.05) is 12.1 Å². The van der Waals surface area contributed by atoms with Crippen LogP contribution in [0.3, 0.4) is 0 Å². The summed E-state index contributed by atoms with van der Waals surface area (Å²) in [5, 5.41) is 0. The van der Waals surface area contributed by atoms with Crippen LogP contribution in [0, 0.1) is 5.82 Å². The fourth-order valence-corrected chi connectivity index (χ4v) is 3.12. The third kappa shape index (κ3) is 4.29. The summed E-state index contributed by atoms with van der Waals surface area (Å²) in [6.45, 7) is 3.23. The van der Waals surface area contributed by atoms with Crippen LogP contribution in [0.15, 0.2) is 48.5 Å². The number of nitrogens with zero attached hydrogens (tertiary/aromatic N) is 1. The third-order valence-electron chi connectivity index (χ3n) is 4.32. The van der Waals surface area contributed by atoms with E-state index in [0.29, 0.717) is 18.9 Å². The van der Waals surface area contributed by atoms with E-state index < -0.39 is 0 Å². The molecule has 1 amide bonds. The number of hydrogen-bond donors (Lipinski definition) is 0. The fourth-order valence-electron chi connectivity index (χ4n) is 3.12. The summed E-state index contributed by atoms with van der Waals surface area (Å²) in [4.78, 5) is 14.4. The van der Waals surface area contributed by atoms with Crippen molar-refractivity contribution >= 4 is 5.91 Å². The molecule has 0 aromatic heterocycles. The molecule has 0 N–H and O–H groups in total. The summed E-state index contributed by atoms with van der Waals surface area (Å²) >= 11 is 0. The van der Waals surface area contributed by atoms with Crippen molar-refractivity contribution in [1.29, 1.82) is 0 Å². The monoisotopic (exact) mass is 343 g/mol. The normalized spacial score (nSPS) is 16.7. The van der Waals surface area contributed by atoms with Gasteiger partial charge in [-0.05, 0) is 61.7 Å². The zero-order chi connectivity index (χ0) is 17.6. The third-order valence-corrected chi connectivity index (χ3v) is 4.32. The Bertz CT molecular complexity index is 700. The quantitative estimate of drug-likeness (QED) is 0.797. The lowest BCUT2D eigenvalue weighted by molar-refractivity contribution is -0.134. The predicted molar refractivity (Wildman–Crippen MR) is 93.2 cm³/mol. The average Bonchev–Trinajstić information content (AvgIpc) is 3.11. The van der Waals surface area contributed by atoms with Crippen LogP contribution in [0.1, 0.15) is 31.4 Å². The number of carbonyl (C=O) groups is 1. The van der Waals surface area contributed by atoms with Gasteiger partial charge in [0.05, 0.1) is 12.6 Å². The zero-order valence-corrected chi connectivity index (χ0v) is 14.3. The summed E-state index contributed by atoms with van der Waals surface area (Å²) in [5.74, 6) is 1.09. The fraction of sp³-hybridized carbons (Fsp3) is 0.350. The van der Waals surface area contributed by atoms with Crippen molar-refractivity contribution in [2.24, 2.45) is 0 Å². The summed E-state index contributed by atoms with van der Waals surface area (Å²) < 4.78 is 24.1. The van der Waals surface area contributed by atoms with E-state index >= 15 is 0 Å². The first kappa shape index (κ1) is 17.3. The van der Waals surface area contributed by atoms with Gasteiger partial charge in [-0.15, -0.1) is 0 Å². The topological polar surface area (TPSA) is 38.8 Å². The Morgan fingerprint density at radius 2 is 1.72 bits per heavy atom. The zero-order valence-electron chi connectivity index (χ0n) is 14.3. The number of amides is 1.